The van der Waals surface area contributed by atoms with Crippen LogP contribution in [0.1, 0.15) is 25.5 Å². The van der Waals surface area contributed by atoms with Crippen molar-refractivity contribution >= 4 is 5.82 Å². The van der Waals surface area contributed by atoms with E-state index >= 15 is 0 Å². The average Bonchev–Trinajstić information content (AvgIpc) is 2.12. The molecule has 0 saturated heterocycles. The number of hydrogen-bond donors (Lipinski definition) is 1. The molecule has 0 amide bonds. The minimum atomic E-state index is 0.620. The van der Waals surface area contributed by atoms with Gasteiger partial charge in [-0.1, -0.05) is 6.92 Å². The van der Waals surface area contributed by atoms with Crippen LogP contribution in [0.2, 0.25) is 0 Å². The Balaban J connectivity index is 2.01. The van der Waals surface area contributed by atoms with Gasteiger partial charge in [-0.15, -0.1) is 0 Å². The van der Waals surface area contributed by atoms with E-state index in [1.165, 1.54) is 12.8 Å². The minimum absolute atomic E-state index is 0.620. The van der Waals surface area contributed by atoms with Gasteiger partial charge in [0.1, 0.15) is 12.1 Å². The zero-order chi connectivity index (χ0) is 9.26. The maximum absolute atomic E-state index is 4.17. The fourth-order valence-electron chi connectivity index (χ4n) is 1.60. The Morgan fingerprint density at radius 3 is 2.77 bits per heavy atom. The Morgan fingerprint density at radius 1 is 1.38 bits per heavy atom. The van der Waals surface area contributed by atoms with Crippen LogP contribution in [-0.4, -0.2) is 16.0 Å². The molecule has 0 bridgehead atoms. The number of hydrogen-bond acceptors (Lipinski definition) is 3. The van der Waals surface area contributed by atoms with E-state index in [1.807, 2.05) is 13.0 Å². The Labute approximate surface area is 78.6 Å². The molecule has 13 heavy (non-hydrogen) atoms. The molecule has 3 nitrogen and oxygen atoms in total. The van der Waals surface area contributed by atoms with E-state index in [0.717, 1.165) is 17.4 Å². The summed E-state index contributed by atoms with van der Waals surface area (Å²) in [5, 5.41) is 3.42. The molecular formula is C10H15N3. The van der Waals surface area contributed by atoms with Gasteiger partial charge in [-0.2, -0.15) is 0 Å². The number of nitrogens with zero attached hydrogens (tertiary/aromatic N) is 2. The van der Waals surface area contributed by atoms with Crippen molar-refractivity contribution in [3.63, 3.8) is 0 Å². The normalized spacial score (nSPS) is 26.6. The third kappa shape index (κ3) is 1.79. The van der Waals surface area contributed by atoms with E-state index in [1.54, 1.807) is 6.33 Å². The molecule has 0 radical (unpaired) electrons. The quantitative estimate of drug-likeness (QED) is 0.750. The first-order chi connectivity index (χ1) is 6.25. The van der Waals surface area contributed by atoms with Gasteiger partial charge in [-0.25, -0.2) is 9.97 Å². The van der Waals surface area contributed by atoms with Crippen LogP contribution in [0.15, 0.2) is 12.4 Å². The van der Waals surface area contributed by atoms with Gasteiger partial charge in [0.25, 0.3) is 0 Å². The summed E-state index contributed by atoms with van der Waals surface area (Å²) in [5.41, 5.74) is 1.02. The van der Waals surface area contributed by atoms with Gasteiger partial charge in [-0.05, 0) is 25.7 Å². The highest BCUT2D eigenvalue weighted by molar-refractivity contribution is 5.36. The number of anilines is 1. The largest absolute Gasteiger partial charge is 0.367 e. The highest BCUT2D eigenvalue weighted by Gasteiger charge is 2.26. The lowest BCUT2D eigenvalue weighted by molar-refractivity contribution is 0.303. The predicted molar refractivity (Wildman–Crippen MR) is 52.6 cm³/mol. The summed E-state index contributed by atoms with van der Waals surface area (Å²) in [7, 11) is 0. The standard InChI is InChI=1S/C10H15N3/c1-7-3-4-9(7)13-10-5-8(2)11-6-12-10/h5-7,9H,3-4H2,1-2H3,(H,11,12,13). The van der Waals surface area contributed by atoms with Crippen molar-refractivity contribution in [2.45, 2.75) is 32.7 Å². The minimum Gasteiger partial charge on any atom is -0.367 e. The zero-order valence-electron chi connectivity index (χ0n) is 8.12. The van der Waals surface area contributed by atoms with Gasteiger partial charge < -0.3 is 5.32 Å². The van der Waals surface area contributed by atoms with Crippen LogP contribution in [0.5, 0.6) is 0 Å². The first-order valence-corrected chi connectivity index (χ1v) is 4.81. The van der Waals surface area contributed by atoms with Crippen LogP contribution in [0.4, 0.5) is 5.82 Å². The predicted octanol–water partition coefficient (Wildman–Crippen LogP) is 2.00. The molecule has 1 aliphatic carbocycles. The second-order valence-electron chi connectivity index (χ2n) is 3.85. The van der Waals surface area contributed by atoms with Crippen LogP contribution < -0.4 is 5.32 Å². The van der Waals surface area contributed by atoms with Crippen molar-refractivity contribution in [3.8, 4) is 0 Å². The zero-order valence-corrected chi connectivity index (χ0v) is 8.12. The molecule has 2 rings (SSSR count). The van der Waals surface area contributed by atoms with Crippen LogP contribution >= 0.6 is 0 Å². The number of nitrogens with one attached hydrogen (secondary N) is 1. The highest BCUT2D eigenvalue weighted by atomic mass is 15.0. The maximum Gasteiger partial charge on any atom is 0.129 e. The molecule has 2 atom stereocenters. The van der Waals surface area contributed by atoms with Crippen molar-refractivity contribution < 1.29 is 0 Å². The first kappa shape index (κ1) is 8.48. The highest BCUT2D eigenvalue weighted by Crippen LogP contribution is 2.28. The molecule has 1 fully saturated rings. The third-order valence-electron chi connectivity index (χ3n) is 2.76. The van der Waals surface area contributed by atoms with Gasteiger partial charge in [0.05, 0.1) is 0 Å². The summed E-state index contributed by atoms with van der Waals surface area (Å²) < 4.78 is 0. The summed E-state index contributed by atoms with van der Waals surface area (Å²) in [6.45, 7) is 4.26. The first-order valence-electron chi connectivity index (χ1n) is 4.81. The van der Waals surface area contributed by atoms with E-state index in [2.05, 4.69) is 22.2 Å². The molecule has 1 N–H and O–H groups in total. The molecule has 1 aromatic heterocycles. The molecule has 2 unspecified atom stereocenters. The summed E-state index contributed by atoms with van der Waals surface area (Å²) in [5.74, 6) is 1.75. The summed E-state index contributed by atoms with van der Waals surface area (Å²) in [4.78, 5) is 8.23. The third-order valence-corrected chi connectivity index (χ3v) is 2.76. The van der Waals surface area contributed by atoms with Crippen molar-refractivity contribution in [3.05, 3.63) is 18.1 Å². The Hall–Kier alpha value is -1.12. The second-order valence-corrected chi connectivity index (χ2v) is 3.85. The topological polar surface area (TPSA) is 37.8 Å². The molecule has 0 aromatic carbocycles. The maximum atomic E-state index is 4.17. The molecule has 1 saturated carbocycles. The van der Waals surface area contributed by atoms with Gasteiger partial charge in [-0.3, -0.25) is 0 Å². The lowest BCUT2D eigenvalue weighted by atomic mass is 9.81. The Kier molecular flexibility index (Phi) is 2.17. The van der Waals surface area contributed by atoms with Gasteiger partial charge in [0.2, 0.25) is 0 Å². The summed E-state index contributed by atoms with van der Waals surface area (Å²) in [6, 6.07) is 2.61. The molecule has 0 spiro atoms. The fourth-order valence-corrected chi connectivity index (χ4v) is 1.60. The van der Waals surface area contributed by atoms with Crippen molar-refractivity contribution in [2.75, 3.05) is 5.32 Å². The smallest absolute Gasteiger partial charge is 0.129 e. The number of rotatable bonds is 2. The lowest BCUT2D eigenvalue weighted by Crippen LogP contribution is -2.36. The van der Waals surface area contributed by atoms with Crippen molar-refractivity contribution in [1.29, 1.82) is 0 Å². The Bertz CT molecular complexity index is 298. The molecule has 3 heteroatoms. The van der Waals surface area contributed by atoms with Gasteiger partial charge in [0.15, 0.2) is 0 Å². The van der Waals surface area contributed by atoms with E-state index in [9.17, 15) is 0 Å². The number of aromatic nitrogens is 2. The molecule has 70 valence electrons. The van der Waals surface area contributed by atoms with Crippen LogP contribution in [0.25, 0.3) is 0 Å². The summed E-state index contributed by atoms with van der Waals surface area (Å²) >= 11 is 0. The Morgan fingerprint density at radius 2 is 2.23 bits per heavy atom. The van der Waals surface area contributed by atoms with Crippen molar-refractivity contribution in [2.24, 2.45) is 5.92 Å². The molecule has 1 aliphatic rings. The average molecular weight is 177 g/mol. The lowest BCUT2D eigenvalue weighted by Gasteiger charge is -2.34. The van der Waals surface area contributed by atoms with Crippen LogP contribution in [0, 0.1) is 12.8 Å². The number of aryl methyl sites for hydroxylation is 1. The summed E-state index contributed by atoms with van der Waals surface area (Å²) in [6.07, 6.45) is 4.22. The van der Waals surface area contributed by atoms with E-state index < -0.39 is 0 Å². The van der Waals surface area contributed by atoms with Gasteiger partial charge >= 0.3 is 0 Å². The molecule has 1 aromatic rings. The molecule has 1 heterocycles. The fraction of sp³-hybridized carbons (Fsp3) is 0.600. The molecular weight excluding hydrogens is 162 g/mol. The van der Waals surface area contributed by atoms with Crippen LogP contribution in [-0.2, 0) is 0 Å². The van der Waals surface area contributed by atoms with Gasteiger partial charge in [0, 0.05) is 17.8 Å². The van der Waals surface area contributed by atoms with Crippen molar-refractivity contribution in [1.82, 2.24) is 9.97 Å². The van der Waals surface area contributed by atoms with E-state index in [-0.39, 0.29) is 0 Å². The van der Waals surface area contributed by atoms with E-state index in [4.69, 9.17) is 0 Å². The van der Waals surface area contributed by atoms with E-state index in [0.29, 0.717) is 6.04 Å². The monoisotopic (exact) mass is 177 g/mol. The van der Waals surface area contributed by atoms with Crippen LogP contribution in [0.3, 0.4) is 0 Å². The SMILES string of the molecule is Cc1cc(NC2CCC2C)ncn1. The molecule has 0 aliphatic heterocycles. The second kappa shape index (κ2) is 3.32.